The second kappa shape index (κ2) is 7.05. The minimum absolute atomic E-state index is 0.0451. The van der Waals surface area contributed by atoms with Crippen LogP contribution in [-0.2, 0) is 11.2 Å². The fraction of sp³-hybridized carbons (Fsp3) is 0.125. The van der Waals surface area contributed by atoms with Gasteiger partial charge in [-0.1, -0.05) is 24.3 Å². The van der Waals surface area contributed by atoms with Crippen molar-refractivity contribution in [2.24, 2.45) is 0 Å². The minimum atomic E-state index is -0.591. The van der Waals surface area contributed by atoms with Gasteiger partial charge in [0.15, 0.2) is 5.69 Å². The third-order valence-corrected chi connectivity index (χ3v) is 4.34. The van der Waals surface area contributed by atoms with E-state index in [1.54, 1.807) is 35.6 Å². The van der Waals surface area contributed by atoms with E-state index in [9.17, 15) is 14.4 Å². The molecular weight excluding hydrogens is 328 g/mol. The molecule has 0 aliphatic heterocycles. The molecule has 0 saturated carbocycles. The number of rotatable bonds is 4. The second-order valence-electron chi connectivity index (χ2n) is 5.03. The highest BCUT2D eigenvalue weighted by Gasteiger charge is 2.14. The number of benzene rings is 1. The number of fused-ring (bicyclic) bond motifs is 1. The van der Waals surface area contributed by atoms with Crippen molar-refractivity contribution in [2.75, 3.05) is 0 Å². The SMILES string of the molecule is O=C(CCc1cccs1)NNC(=O)c1n[nH]c(=O)c2ccccc12. The van der Waals surface area contributed by atoms with Crippen LogP contribution in [0.15, 0.2) is 46.6 Å². The summed E-state index contributed by atoms with van der Waals surface area (Å²) < 4.78 is 0. The van der Waals surface area contributed by atoms with Gasteiger partial charge >= 0.3 is 0 Å². The molecule has 3 rings (SSSR count). The predicted octanol–water partition coefficient (Wildman–Crippen LogP) is 1.38. The number of carbonyl (C=O) groups is 2. The van der Waals surface area contributed by atoms with Crippen LogP contribution in [-0.4, -0.2) is 22.0 Å². The van der Waals surface area contributed by atoms with Crippen LogP contribution in [0.5, 0.6) is 0 Å². The van der Waals surface area contributed by atoms with Crippen LogP contribution in [0.2, 0.25) is 0 Å². The monoisotopic (exact) mass is 342 g/mol. The Kier molecular flexibility index (Phi) is 4.66. The molecule has 2 amide bonds. The lowest BCUT2D eigenvalue weighted by Gasteiger charge is -2.08. The van der Waals surface area contributed by atoms with Crippen molar-refractivity contribution in [3.05, 3.63) is 62.7 Å². The maximum Gasteiger partial charge on any atom is 0.290 e. The van der Waals surface area contributed by atoms with Crippen LogP contribution < -0.4 is 16.4 Å². The third-order valence-electron chi connectivity index (χ3n) is 3.41. The van der Waals surface area contributed by atoms with Crippen LogP contribution in [0.1, 0.15) is 21.8 Å². The number of carbonyl (C=O) groups excluding carboxylic acids is 2. The summed E-state index contributed by atoms with van der Waals surface area (Å²) in [6, 6.07) is 10.5. The Labute approximate surface area is 140 Å². The molecule has 3 N–H and O–H groups in total. The van der Waals surface area contributed by atoms with Gasteiger partial charge in [0, 0.05) is 16.7 Å². The summed E-state index contributed by atoms with van der Waals surface area (Å²) in [5.41, 5.74) is 4.35. The van der Waals surface area contributed by atoms with Crippen LogP contribution in [0.4, 0.5) is 0 Å². The van der Waals surface area contributed by atoms with E-state index in [0.717, 1.165) is 4.88 Å². The molecular formula is C16H14N4O3S. The van der Waals surface area contributed by atoms with E-state index < -0.39 is 5.91 Å². The summed E-state index contributed by atoms with van der Waals surface area (Å²) >= 11 is 1.58. The zero-order valence-electron chi connectivity index (χ0n) is 12.5. The molecule has 8 heteroatoms. The van der Waals surface area contributed by atoms with Gasteiger partial charge in [0.2, 0.25) is 5.91 Å². The van der Waals surface area contributed by atoms with Gasteiger partial charge < -0.3 is 0 Å². The number of H-pyrrole nitrogens is 1. The van der Waals surface area contributed by atoms with Crippen LogP contribution in [0.3, 0.4) is 0 Å². The molecule has 0 aliphatic rings. The number of thiophene rings is 1. The lowest BCUT2D eigenvalue weighted by atomic mass is 10.1. The Hall–Kier alpha value is -3.00. The van der Waals surface area contributed by atoms with Gasteiger partial charge in [0.1, 0.15) is 0 Å². The molecule has 0 bridgehead atoms. The van der Waals surface area contributed by atoms with E-state index >= 15 is 0 Å². The number of nitrogens with zero attached hydrogens (tertiary/aromatic N) is 1. The van der Waals surface area contributed by atoms with E-state index in [2.05, 4.69) is 21.0 Å². The highest BCUT2D eigenvalue weighted by Crippen LogP contribution is 2.12. The smallest absolute Gasteiger partial charge is 0.273 e. The first-order chi connectivity index (χ1) is 11.6. The van der Waals surface area contributed by atoms with Gasteiger partial charge in [-0.05, 0) is 23.9 Å². The average molecular weight is 342 g/mol. The minimum Gasteiger partial charge on any atom is -0.273 e. The number of aromatic nitrogens is 2. The van der Waals surface area contributed by atoms with Crippen LogP contribution in [0.25, 0.3) is 10.8 Å². The summed E-state index contributed by atoms with van der Waals surface area (Å²) in [5, 5.41) is 8.78. The average Bonchev–Trinajstić information content (AvgIpc) is 3.12. The molecule has 3 aromatic rings. The Morgan fingerprint density at radius 1 is 1.08 bits per heavy atom. The number of hydrogen-bond donors (Lipinski definition) is 3. The number of hydrogen-bond acceptors (Lipinski definition) is 5. The number of aromatic amines is 1. The van der Waals surface area contributed by atoms with E-state index in [0.29, 0.717) is 17.2 Å². The van der Waals surface area contributed by atoms with Crippen molar-refractivity contribution in [2.45, 2.75) is 12.8 Å². The molecule has 0 atom stereocenters. The molecule has 0 aliphatic carbocycles. The number of aryl methyl sites for hydroxylation is 1. The predicted molar refractivity (Wildman–Crippen MR) is 90.6 cm³/mol. The summed E-state index contributed by atoms with van der Waals surface area (Å²) in [7, 11) is 0. The summed E-state index contributed by atoms with van der Waals surface area (Å²) in [5.74, 6) is -0.891. The topological polar surface area (TPSA) is 104 Å². The summed E-state index contributed by atoms with van der Waals surface area (Å²) in [6.07, 6.45) is 0.875. The van der Waals surface area contributed by atoms with Crippen molar-refractivity contribution >= 4 is 33.9 Å². The highest BCUT2D eigenvalue weighted by molar-refractivity contribution is 7.09. The Morgan fingerprint density at radius 3 is 2.62 bits per heavy atom. The first-order valence-electron chi connectivity index (χ1n) is 7.24. The lowest BCUT2D eigenvalue weighted by Crippen LogP contribution is -2.42. The molecule has 7 nitrogen and oxygen atoms in total. The first-order valence-corrected chi connectivity index (χ1v) is 8.12. The fourth-order valence-electron chi connectivity index (χ4n) is 2.23. The Balaban J connectivity index is 1.64. The van der Waals surface area contributed by atoms with Crippen molar-refractivity contribution in [3.63, 3.8) is 0 Å². The molecule has 122 valence electrons. The lowest BCUT2D eigenvalue weighted by molar-refractivity contribution is -0.121. The van der Waals surface area contributed by atoms with E-state index in [1.807, 2.05) is 17.5 Å². The zero-order chi connectivity index (χ0) is 16.9. The van der Waals surface area contributed by atoms with Gasteiger partial charge in [-0.3, -0.25) is 25.2 Å². The Bertz CT molecular complexity index is 934. The molecule has 0 fully saturated rings. The zero-order valence-corrected chi connectivity index (χ0v) is 13.4. The second-order valence-corrected chi connectivity index (χ2v) is 6.06. The van der Waals surface area contributed by atoms with E-state index in [4.69, 9.17) is 0 Å². The van der Waals surface area contributed by atoms with Crippen molar-refractivity contribution in [1.29, 1.82) is 0 Å². The molecule has 24 heavy (non-hydrogen) atoms. The third kappa shape index (κ3) is 3.49. The van der Waals surface area contributed by atoms with Gasteiger partial charge in [-0.2, -0.15) is 5.10 Å². The van der Waals surface area contributed by atoms with Crippen molar-refractivity contribution < 1.29 is 9.59 Å². The molecule has 0 saturated heterocycles. The molecule has 0 radical (unpaired) electrons. The standard InChI is InChI=1S/C16H14N4O3S/c21-13(8-7-10-4-3-9-24-10)17-20-16(23)14-11-5-1-2-6-12(11)15(22)19-18-14/h1-6,9H,7-8H2,(H,17,21)(H,19,22)(H,20,23). The van der Waals surface area contributed by atoms with Crippen molar-refractivity contribution in [1.82, 2.24) is 21.0 Å². The molecule has 0 spiro atoms. The number of amides is 2. The summed E-state index contributed by atoms with van der Waals surface area (Å²) in [6.45, 7) is 0. The van der Waals surface area contributed by atoms with E-state index in [1.165, 1.54) is 0 Å². The molecule has 2 heterocycles. The van der Waals surface area contributed by atoms with Gasteiger partial charge in [0.25, 0.3) is 11.5 Å². The fourth-order valence-corrected chi connectivity index (χ4v) is 2.94. The van der Waals surface area contributed by atoms with Gasteiger partial charge in [-0.15, -0.1) is 11.3 Å². The largest absolute Gasteiger partial charge is 0.290 e. The normalized spacial score (nSPS) is 10.5. The molecule has 1 aromatic carbocycles. The maximum absolute atomic E-state index is 12.2. The Morgan fingerprint density at radius 2 is 1.88 bits per heavy atom. The molecule has 0 unspecified atom stereocenters. The van der Waals surface area contributed by atoms with Crippen molar-refractivity contribution in [3.8, 4) is 0 Å². The molecule has 2 aromatic heterocycles. The first kappa shape index (κ1) is 15.9. The highest BCUT2D eigenvalue weighted by atomic mass is 32.1. The van der Waals surface area contributed by atoms with Crippen LogP contribution >= 0.6 is 11.3 Å². The number of hydrazine groups is 1. The van der Waals surface area contributed by atoms with Gasteiger partial charge in [-0.25, -0.2) is 5.10 Å². The summed E-state index contributed by atoms with van der Waals surface area (Å²) in [4.78, 5) is 36.8. The maximum atomic E-state index is 12.2. The van der Waals surface area contributed by atoms with Gasteiger partial charge in [0.05, 0.1) is 5.39 Å². The quantitative estimate of drug-likeness (QED) is 0.623. The van der Waals surface area contributed by atoms with E-state index in [-0.39, 0.29) is 23.6 Å². The van der Waals surface area contributed by atoms with Crippen LogP contribution in [0, 0.1) is 0 Å². The number of nitrogens with one attached hydrogen (secondary N) is 3.